The minimum atomic E-state index is -0.489. The van der Waals surface area contributed by atoms with Crippen LogP contribution in [0.1, 0.15) is 16.2 Å². The van der Waals surface area contributed by atoms with Crippen molar-refractivity contribution >= 4 is 11.8 Å². The SMILES string of the molecule is Cc1cccc(C(=O)NNC(=O)COc2ccccc2-c2ccccc2)n1. The third-order valence-electron chi connectivity index (χ3n) is 3.77. The van der Waals surface area contributed by atoms with Crippen LogP contribution in [0.25, 0.3) is 11.1 Å². The molecule has 0 aliphatic rings. The number of benzene rings is 2. The Balaban J connectivity index is 1.56. The van der Waals surface area contributed by atoms with Gasteiger partial charge in [0, 0.05) is 11.3 Å². The molecular weight excluding hydrogens is 342 g/mol. The maximum atomic E-state index is 12.0. The number of amides is 2. The molecule has 27 heavy (non-hydrogen) atoms. The fourth-order valence-corrected chi connectivity index (χ4v) is 2.49. The Labute approximate surface area is 157 Å². The predicted molar refractivity (Wildman–Crippen MR) is 102 cm³/mol. The Morgan fingerprint density at radius 1 is 0.889 bits per heavy atom. The quantitative estimate of drug-likeness (QED) is 0.685. The van der Waals surface area contributed by atoms with Gasteiger partial charge >= 0.3 is 0 Å². The molecule has 3 rings (SSSR count). The van der Waals surface area contributed by atoms with E-state index in [0.717, 1.165) is 16.8 Å². The van der Waals surface area contributed by atoms with E-state index in [2.05, 4.69) is 15.8 Å². The molecule has 0 saturated carbocycles. The molecule has 0 aliphatic carbocycles. The van der Waals surface area contributed by atoms with E-state index < -0.39 is 11.8 Å². The Bertz CT molecular complexity index is 942. The molecule has 0 aliphatic heterocycles. The van der Waals surface area contributed by atoms with Gasteiger partial charge in [-0.25, -0.2) is 4.98 Å². The zero-order valence-corrected chi connectivity index (χ0v) is 14.8. The lowest BCUT2D eigenvalue weighted by Crippen LogP contribution is -2.44. The van der Waals surface area contributed by atoms with Crippen molar-refractivity contribution < 1.29 is 14.3 Å². The van der Waals surface area contributed by atoms with Gasteiger partial charge in [0.1, 0.15) is 11.4 Å². The van der Waals surface area contributed by atoms with Crippen LogP contribution in [0.5, 0.6) is 5.75 Å². The van der Waals surface area contributed by atoms with Gasteiger partial charge in [-0.3, -0.25) is 20.4 Å². The van der Waals surface area contributed by atoms with Gasteiger partial charge in [-0.15, -0.1) is 0 Å². The molecule has 2 amide bonds. The van der Waals surface area contributed by atoms with E-state index in [4.69, 9.17) is 4.74 Å². The van der Waals surface area contributed by atoms with Crippen molar-refractivity contribution in [2.45, 2.75) is 6.92 Å². The summed E-state index contributed by atoms with van der Waals surface area (Å²) in [5.74, 6) is -0.374. The van der Waals surface area contributed by atoms with E-state index in [1.54, 1.807) is 31.2 Å². The van der Waals surface area contributed by atoms with Crippen molar-refractivity contribution in [3.63, 3.8) is 0 Å². The van der Waals surface area contributed by atoms with E-state index in [1.807, 2.05) is 48.5 Å². The minimum Gasteiger partial charge on any atom is -0.483 e. The van der Waals surface area contributed by atoms with Crippen LogP contribution in [0.15, 0.2) is 72.8 Å². The van der Waals surface area contributed by atoms with Gasteiger partial charge < -0.3 is 4.74 Å². The van der Waals surface area contributed by atoms with Crippen molar-refractivity contribution in [1.29, 1.82) is 0 Å². The molecule has 0 bridgehead atoms. The number of para-hydroxylation sites is 1. The zero-order valence-electron chi connectivity index (χ0n) is 14.8. The number of aryl methyl sites for hydroxylation is 1. The van der Waals surface area contributed by atoms with Crippen LogP contribution >= 0.6 is 0 Å². The Kier molecular flexibility index (Phi) is 5.79. The normalized spacial score (nSPS) is 10.1. The molecule has 136 valence electrons. The first-order chi connectivity index (χ1) is 13.1. The average molecular weight is 361 g/mol. The van der Waals surface area contributed by atoms with Gasteiger partial charge in [0.2, 0.25) is 0 Å². The van der Waals surface area contributed by atoms with Crippen molar-refractivity contribution in [3.05, 3.63) is 84.2 Å². The fraction of sp³-hybridized carbons (Fsp3) is 0.0952. The molecule has 0 atom stereocenters. The van der Waals surface area contributed by atoms with Gasteiger partial charge in [0.05, 0.1) is 0 Å². The number of carbonyl (C=O) groups is 2. The summed E-state index contributed by atoms with van der Waals surface area (Å²) in [6, 6.07) is 22.3. The Morgan fingerprint density at radius 3 is 2.41 bits per heavy atom. The molecule has 0 radical (unpaired) electrons. The second kappa shape index (κ2) is 8.62. The minimum absolute atomic E-state index is 0.227. The molecular formula is C21H19N3O3. The number of aromatic nitrogens is 1. The second-order valence-corrected chi connectivity index (χ2v) is 5.82. The van der Waals surface area contributed by atoms with Crippen LogP contribution in [-0.2, 0) is 4.79 Å². The molecule has 2 N–H and O–H groups in total. The molecule has 0 fully saturated rings. The standard InChI is InChI=1S/C21H19N3O3/c1-15-8-7-12-18(22-15)21(26)24-23-20(25)14-27-19-13-6-5-11-17(19)16-9-3-2-4-10-16/h2-13H,14H2,1H3,(H,23,25)(H,24,26). The molecule has 0 unspecified atom stereocenters. The Morgan fingerprint density at radius 2 is 1.63 bits per heavy atom. The predicted octanol–water partition coefficient (Wildman–Crippen LogP) is 2.90. The smallest absolute Gasteiger partial charge is 0.288 e. The summed E-state index contributed by atoms with van der Waals surface area (Å²) in [5.41, 5.74) is 7.48. The summed E-state index contributed by atoms with van der Waals surface area (Å²) in [7, 11) is 0. The van der Waals surface area contributed by atoms with Crippen LogP contribution < -0.4 is 15.6 Å². The Hall–Kier alpha value is -3.67. The van der Waals surface area contributed by atoms with Crippen LogP contribution in [0, 0.1) is 6.92 Å². The third-order valence-corrected chi connectivity index (χ3v) is 3.77. The number of nitrogens with one attached hydrogen (secondary N) is 2. The highest BCUT2D eigenvalue weighted by molar-refractivity contribution is 5.93. The van der Waals surface area contributed by atoms with Gasteiger partial charge in [0.25, 0.3) is 11.8 Å². The highest BCUT2D eigenvalue weighted by Crippen LogP contribution is 2.29. The first kappa shape index (κ1) is 18.1. The number of hydrazine groups is 1. The highest BCUT2D eigenvalue weighted by atomic mass is 16.5. The first-order valence-corrected chi connectivity index (χ1v) is 8.43. The lowest BCUT2D eigenvalue weighted by molar-refractivity contribution is -0.123. The van der Waals surface area contributed by atoms with Gasteiger partial charge in [0.15, 0.2) is 6.61 Å². The summed E-state index contributed by atoms with van der Waals surface area (Å²) in [6.45, 7) is 1.55. The number of hydrogen-bond acceptors (Lipinski definition) is 4. The van der Waals surface area contributed by atoms with Crippen molar-refractivity contribution in [1.82, 2.24) is 15.8 Å². The van der Waals surface area contributed by atoms with Crippen LogP contribution in [0.4, 0.5) is 0 Å². The van der Waals surface area contributed by atoms with E-state index in [9.17, 15) is 9.59 Å². The molecule has 6 nitrogen and oxygen atoms in total. The third kappa shape index (κ3) is 4.92. The van der Waals surface area contributed by atoms with Gasteiger partial charge in [-0.1, -0.05) is 54.6 Å². The van der Waals surface area contributed by atoms with Gasteiger partial charge in [-0.2, -0.15) is 0 Å². The topological polar surface area (TPSA) is 80.3 Å². The maximum absolute atomic E-state index is 12.0. The van der Waals surface area contributed by atoms with Crippen LogP contribution in [-0.4, -0.2) is 23.4 Å². The molecule has 2 aromatic carbocycles. The molecule has 6 heteroatoms. The lowest BCUT2D eigenvalue weighted by atomic mass is 10.1. The molecule has 0 spiro atoms. The van der Waals surface area contributed by atoms with E-state index in [0.29, 0.717) is 5.75 Å². The fourth-order valence-electron chi connectivity index (χ4n) is 2.49. The van der Waals surface area contributed by atoms with Crippen molar-refractivity contribution in [2.75, 3.05) is 6.61 Å². The summed E-state index contributed by atoms with van der Waals surface area (Å²) < 4.78 is 5.63. The largest absolute Gasteiger partial charge is 0.483 e. The second-order valence-electron chi connectivity index (χ2n) is 5.82. The molecule has 0 saturated heterocycles. The van der Waals surface area contributed by atoms with Crippen molar-refractivity contribution in [3.8, 4) is 16.9 Å². The zero-order chi connectivity index (χ0) is 19.1. The van der Waals surface area contributed by atoms with Crippen molar-refractivity contribution in [2.24, 2.45) is 0 Å². The number of nitrogens with zero attached hydrogens (tertiary/aromatic N) is 1. The summed E-state index contributed by atoms with van der Waals surface area (Å²) in [5, 5.41) is 0. The number of carbonyl (C=O) groups excluding carboxylic acids is 2. The summed E-state index contributed by atoms with van der Waals surface area (Å²) >= 11 is 0. The monoisotopic (exact) mass is 361 g/mol. The first-order valence-electron chi connectivity index (χ1n) is 8.43. The number of pyridine rings is 1. The van der Waals surface area contributed by atoms with E-state index in [1.165, 1.54) is 0 Å². The maximum Gasteiger partial charge on any atom is 0.288 e. The van der Waals surface area contributed by atoms with E-state index in [-0.39, 0.29) is 12.3 Å². The van der Waals surface area contributed by atoms with Crippen LogP contribution in [0.2, 0.25) is 0 Å². The number of rotatable bonds is 5. The lowest BCUT2D eigenvalue weighted by Gasteiger charge is -2.12. The summed E-state index contributed by atoms with van der Waals surface area (Å²) in [4.78, 5) is 28.1. The van der Waals surface area contributed by atoms with Crippen LogP contribution in [0.3, 0.4) is 0 Å². The molecule has 1 heterocycles. The average Bonchev–Trinajstić information content (AvgIpc) is 2.71. The number of hydrogen-bond donors (Lipinski definition) is 2. The van der Waals surface area contributed by atoms with E-state index >= 15 is 0 Å². The molecule has 1 aromatic heterocycles. The molecule has 3 aromatic rings. The highest BCUT2D eigenvalue weighted by Gasteiger charge is 2.11. The number of ether oxygens (including phenoxy) is 1. The summed E-state index contributed by atoms with van der Waals surface area (Å²) in [6.07, 6.45) is 0. The van der Waals surface area contributed by atoms with Gasteiger partial charge in [-0.05, 0) is 30.7 Å².